The van der Waals surface area contributed by atoms with Crippen molar-refractivity contribution in [1.29, 1.82) is 0 Å². The first-order valence-corrected chi connectivity index (χ1v) is 13.8. The van der Waals surface area contributed by atoms with Gasteiger partial charge in [0, 0.05) is 57.4 Å². The molecule has 3 aromatic rings. The van der Waals surface area contributed by atoms with E-state index in [0.717, 1.165) is 29.4 Å². The summed E-state index contributed by atoms with van der Waals surface area (Å²) in [6.45, 7) is 5.18. The number of fused-ring (bicyclic) bond motifs is 1. The van der Waals surface area contributed by atoms with Crippen LogP contribution in [0.3, 0.4) is 0 Å². The SMILES string of the molecule is Cl.Cl.O=C(c1cc(C(F)(F)F)cc(C(F)(F)F)c1)N1CCN(CCNN2CCOCC2)CC1Cc1ccc2ccccc2c1. The molecule has 2 saturated heterocycles. The summed E-state index contributed by atoms with van der Waals surface area (Å²) in [6.07, 6.45) is -9.67. The van der Waals surface area contributed by atoms with Crippen molar-refractivity contribution in [2.24, 2.45) is 0 Å². The van der Waals surface area contributed by atoms with Crippen LogP contribution >= 0.6 is 24.8 Å². The van der Waals surface area contributed by atoms with Crippen LogP contribution in [0.25, 0.3) is 10.8 Å². The molecule has 2 heterocycles. The van der Waals surface area contributed by atoms with Gasteiger partial charge in [-0.05, 0) is 41.0 Å². The summed E-state index contributed by atoms with van der Waals surface area (Å²) in [5.41, 5.74) is 0.670. The second kappa shape index (κ2) is 15.1. The number of carbonyl (C=O) groups is 1. The van der Waals surface area contributed by atoms with Crippen molar-refractivity contribution in [3.63, 3.8) is 0 Å². The molecule has 14 heteroatoms. The van der Waals surface area contributed by atoms with Crippen LogP contribution < -0.4 is 5.43 Å². The number of morpholine rings is 1. The van der Waals surface area contributed by atoms with Crippen LogP contribution in [0.1, 0.15) is 27.0 Å². The van der Waals surface area contributed by atoms with Crippen molar-refractivity contribution < 1.29 is 35.9 Å². The fourth-order valence-corrected chi connectivity index (χ4v) is 5.53. The Balaban J connectivity index is 0.00000264. The van der Waals surface area contributed by atoms with E-state index in [1.807, 2.05) is 42.5 Å². The summed E-state index contributed by atoms with van der Waals surface area (Å²) < 4.78 is 86.5. The molecule has 242 valence electrons. The molecule has 0 saturated carbocycles. The van der Waals surface area contributed by atoms with E-state index in [1.165, 1.54) is 4.90 Å². The molecule has 2 aliphatic rings. The Bertz CT molecular complexity index is 1370. The number of hydrazine groups is 1. The normalized spacial score (nSPS) is 18.5. The molecule has 2 fully saturated rings. The molecule has 1 N–H and O–H groups in total. The summed E-state index contributed by atoms with van der Waals surface area (Å²) in [5, 5.41) is 4.13. The number of rotatable bonds is 7. The fraction of sp³-hybridized carbons (Fsp3) is 0.433. The minimum Gasteiger partial charge on any atom is -0.379 e. The van der Waals surface area contributed by atoms with Gasteiger partial charge in [-0.25, -0.2) is 5.01 Å². The molecular weight excluding hydrogens is 633 g/mol. The third kappa shape index (κ3) is 8.98. The van der Waals surface area contributed by atoms with Gasteiger partial charge in [0.25, 0.3) is 5.91 Å². The number of nitrogens with one attached hydrogen (secondary N) is 1. The predicted molar refractivity (Wildman–Crippen MR) is 160 cm³/mol. The molecular formula is C30H34Cl2F6N4O2. The smallest absolute Gasteiger partial charge is 0.379 e. The number of amides is 1. The first-order valence-electron chi connectivity index (χ1n) is 13.8. The highest BCUT2D eigenvalue weighted by Gasteiger charge is 2.39. The minimum absolute atomic E-state index is 0. The van der Waals surface area contributed by atoms with Gasteiger partial charge in [-0.3, -0.25) is 15.1 Å². The number of hydrogen-bond donors (Lipinski definition) is 1. The van der Waals surface area contributed by atoms with E-state index in [9.17, 15) is 31.1 Å². The molecule has 1 unspecified atom stereocenters. The van der Waals surface area contributed by atoms with Gasteiger partial charge in [0.1, 0.15) is 0 Å². The van der Waals surface area contributed by atoms with E-state index in [4.69, 9.17) is 4.74 Å². The van der Waals surface area contributed by atoms with Gasteiger partial charge in [0.05, 0.1) is 24.3 Å². The van der Waals surface area contributed by atoms with Gasteiger partial charge in [-0.2, -0.15) is 26.3 Å². The van der Waals surface area contributed by atoms with Gasteiger partial charge in [-0.1, -0.05) is 42.5 Å². The summed E-state index contributed by atoms with van der Waals surface area (Å²) in [5.74, 6) is -0.844. The Morgan fingerprint density at radius 2 is 1.45 bits per heavy atom. The average molecular weight is 668 g/mol. The highest BCUT2D eigenvalue weighted by atomic mass is 35.5. The molecule has 5 rings (SSSR count). The molecule has 1 atom stereocenters. The molecule has 44 heavy (non-hydrogen) atoms. The topological polar surface area (TPSA) is 48.1 Å². The monoisotopic (exact) mass is 666 g/mol. The lowest BCUT2D eigenvalue weighted by Gasteiger charge is -2.42. The molecule has 1 amide bonds. The van der Waals surface area contributed by atoms with Crippen LogP contribution in [0, 0.1) is 0 Å². The van der Waals surface area contributed by atoms with E-state index in [0.29, 0.717) is 57.9 Å². The third-order valence-electron chi connectivity index (χ3n) is 7.72. The highest BCUT2D eigenvalue weighted by molar-refractivity contribution is 5.95. The number of ether oxygens (including phenoxy) is 1. The fourth-order valence-electron chi connectivity index (χ4n) is 5.53. The van der Waals surface area contributed by atoms with E-state index < -0.39 is 41.0 Å². The van der Waals surface area contributed by atoms with E-state index >= 15 is 0 Å². The molecule has 0 spiro atoms. The quantitative estimate of drug-likeness (QED) is 0.317. The van der Waals surface area contributed by atoms with Crippen molar-refractivity contribution >= 4 is 41.5 Å². The minimum atomic E-state index is -5.03. The molecule has 0 bridgehead atoms. The lowest BCUT2D eigenvalue weighted by molar-refractivity contribution is -0.143. The second-order valence-electron chi connectivity index (χ2n) is 10.6. The van der Waals surface area contributed by atoms with Gasteiger partial charge in [0.2, 0.25) is 0 Å². The number of benzene rings is 3. The van der Waals surface area contributed by atoms with Crippen LogP contribution in [0.2, 0.25) is 0 Å². The maximum Gasteiger partial charge on any atom is 0.416 e. The Hall–Kier alpha value is -2.61. The molecule has 0 radical (unpaired) electrons. The number of carbonyl (C=O) groups excluding carboxylic acids is 1. The Labute approximate surface area is 264 Å². The van der Waals surface area contributed by atoms with Gasteiger partial charge in [-0.15, -0.1) is 24.8 Å². The van der Waals surface area contributed by atoms with Gasteiger partial charge < -0.3 is 9.64 Å². The first kappa shape index (κ1) is 35.9. The van der Waals surface area contributed by atoms with Gasteiger partial charge in [0.15, 0.2) is 0 Å². The lowest BCUT2D eigenvalue weighted by atomic mass is 9.97. The predicted octanol–water partition coefficient (Wildman–Crippen LogP) is 5.93. The van der Waals surface area contributed by atoms with Gasteiger partial charge >= 0.3 is 12.4 Å². The molecule has 3 aromatic carbocycles. The van der Waals surface area contributed by atoms with Crippen LogP contribution in [0.4, 0.5) is 26.3 Å². The van der Waals surface area contributed by atoms with E-state index in [1.54, 1.807) is 0 Å². The largest absolute Gasteiger partial charge is 0.416 e. The van der Waals surface area contributed by atoms with E-state index in [2.05, 4.69) is 15.3 Å². The average Bonchev–Trinajstić information content (AvgIpc) is 2.96. The van der Waals surface area contributed by atoms with Crippen LogP contribution in [0.15, 0.2) is 60.7 Å². The molecule has 2 aliphatic heterocycles. The van der Waals surface area contributed by atoms with Crippen molar-refractivity contribution in [2.45, 2.75) is 24.8 Å². The Morgan fingerprint density at radius 3 is 2.09 bits per heavy atom. The van der Waals surface area contributed by atoms with Crippen molar-refractivity contribution in [1.82, 2.24) is 20.2 Å². The molecule has 0 aromatic heterocycles. The zero-order valence-corrected chi connectivity index (χ0v) is 25.3. The number of alkyl halides is 6. The summed E-state index contributed by atoms with van der Waals surface area (Å²) in [4.78, 5) is 17.2. The molecule has 0 aliphatic carbocycles. The highest BCUT2D eigenvalue weighted by Crippen LogP contribution is 2.37. The standard InChI is InChI=1S/C30H32F6N4O2.2ClH/c31-29(32,33)25-17-24(18-26(19-25)30(34,35)36)28(41)40-10-9-38(8-7-37-39-11-13-42-14-12-39)20-27(40)16-21-5-6-22-3-1-2-4-23(22)15-21;;/h1-6,15,17-19,27,37H,7-14,16,20H2;2*1H. The van der Waals surface area contributed by atoms with Crippen molar-refractivity contribution in [2.75, 3.05) is 59.0 Å². The Morgan fingerprint density at radius 1 is 0.818 bits per heavy atom. The third-order valence-corrected chi connectivity index (χ3v) is 7.72. The maximum absolute atomic E-state index is 13.6. The zero-order valence-electron chi connectivity index (χ0n) is 23.7. The van der Waals surface area contributed by atoms with Crippen LogP contribution in [0.5, 0.6) is 0 Å². The van der Waals surface area contributed by atoms with E-state index in [-0.39, 0.29) is 37.4 Å². The van der Waals surface area contributed by atoms with Crippen LogP contribution in [-0.2, 0) is 23.5 Å². The number of piperazine rings is 1. The zero-order chi connectivity index (χ0) is 29.9. The maximum atomic E-state index is 13.6. The number of halogens is 8. The molecule has 6 nitrogen and oxygen atoms in total. The number of nitrogens with zero attached hydrogens (tertiary/aromatic N) is 3. The summed E-state index contributed by atoms with van der Waals surface area (Å²) in [6, 6.07) is 14.3. The second-order valence-corrected chi connectivity index (χ2v) is 10.6. The first-order chi connectivity index (χ1) is 20.0. The van der Waals surface area contributed by atoms with Crippen molar-refractivity contribution in [3.8, 4) is 0 Å². The summed E-state index contributed by atoms with van der Waals surface area (Å²) in [7, 11) is 0. The number of hydrogen-bond acceptors (Lipinski definition) is 5. The summed E-state index contributed by atoms with van der Waals surface area (Å²) >= 11 is 0. The Kier molecular flexibility index (Phi) is 12.3. The van der Waals surface area contributed by atoms with Crippen LogP contribution in [-0.4, -0.2) is 85.8 Å². The van der Waals surface area contributed by atoms with Crippen molar-refractivity contribution in [3.05, 3.63) is 82.9 Å². The lowest BCUT2D eigenvalue weighted by Crippen LogP contribution is -2.57.